The Kier molecular flexibility index (Phi) is 9.36. The summed E-state index contributed by atoms with van der Waals surface area (Å²) in [6, 6.07) is -4.87. The van der Waals surface area contributed by atoms with Gasteiger partial charge in [-0.1, -0.05) is 20.8 Å². The second kappa shape index (κ2) is 11.7. The maximum atomic E-state index is 14.5. The van der Waals surface area contributed by atoms with Crippen molar-refractivity contribution in [2.24, 2.45) is 23.2 Å². The van der Waals surface area contributed by atoms with Crippen molar-refractivity contribution in [3.8, 4) is 0 Å². The standard InChI is InChI=1S/C25H34F6N4O6S/c1-23(2,3)18(34-22(39)25(29,30)31)21(38)35-11-13-9-24(27,28)10-15(13)17(35)20(37)33-14(8-16(26)42(4,40)41)7-12-5-6-32-19(12)36/h8,12-15,17-18H,5-7,9-11H2,1-4H3,(H,32,36)(H,33,37)(H,34,39)/b16-8-/t12-,13-,14+,15-,17-,18-/m0/s1. The Morgan fingerprint density at radius 2 is 1.76 bits per heavy atom. The van der Waals surface area contributed by atoms with Crippen LogP contribution < -0.4 is 16.0 Å². The molecule has 10 nitrogen and oxygen atoms in total. The topological polar surface area (TPSA) is 142 Å². The molecule has 17 heteroatoms. The highest BCUT2D eigenvalue weighted by molar-refractivity contribution is 7.94. The van der Waals surface area contributed by atoms with Gasteiger partial charge in [-0.25, -0.2) is 17.2 Å². The highest BCUT2D eigenvalue weighted by Crippen LogP contribution is 2.50. The number of halogens is 6. The minimum atomic E-state index is -5.33. The predicted octanol–water partition coefficient (Wildman–Crippen LogP) is 1.82. The summed E-state index contributed by atoms with van der Waals surface area (Å²) >= 11 is 0. The van der Waals surface area contributed by atoms with Crippen LogP contribution in [0.1, 0.15) is 46.5 Å². The van der Waals surface area contributed by atoms with E-state index < -0.39 is 111 Å². The fourth-order valence-electron chi connectivity index (χ4n) is 5.78. The summed E-state index contributed by atoms with van der Waals surface area (Å²) in [5.41, 5.74) is -1.31. The first kappa shape index (κ1) is 33.6. The molecule has 2 saturated heterocycles. The lowest BCUT2D eigenvalue weighted by atomic mass is 9.85. The van der Waals surface area contributed by atoms with Gasteiger partial charge in [-0.2, -0.15) is 17.6 Å². The number of nitrogens with one attached hydrogen (secondary N) is 3. The van der Waals surface area contributed by atoms with Crippen LogP contribution in [0.5, 0.6) is 0 Å². The Labute approximate surface area is 238 Å². The third kappa shape index (κ3) is 7.75. The van der Waals surface area contributed by atoms with Crippen molar-refractivity contribution in [3.05, 3.63) is 11.2 Å². The Morgan fingerprint density at radius 1 is 1.14 bits per heavy atom. The van der Waals surface area contributed by atoms with Crippen LogP contribution in [0.25, 0.3) is 0 Å². The van der Waals surface area contributed by atoms with E-state index >= 15 is 0 Å². The molecule has 6 atom stereocenters. The minimum Gasteiger partial charge on any atom is -0.356 e. The molecule has 0 aromatic rings. The van der Waals surface area contributed by atoms with Gasteiger partial charge in [0.15, 0.2) is 0 Å². The number of carbonyl (C=O) groups is 4. The number of likely N-dealkylation sites (tertiary alicyclic amines) is 1. The van der Waals surface area contributed by atoms with E-state index in [4.69, 9.17) is 0 Å². The van der Waals surface area contributed by atoms with E-state index in [0.29, 0.717) is 12.3 Å². The van der Waals surface area contributed by atoms with Crippen molar-refractivity contribution >= 4 is 33.5 Å². The second-order valence-corrected chi connectivity index (χ2v) is 14.2. The van der Waals surface area contributed by atoms with Gasteiger partial charge in [-0.15, -0.1) is 0 Å². The first-order valence-electron chi connectivity index (χ1n) is 13.2. The molecule has 0 unspecified atom stereocenters. The monoisotopic (exact) mass is 632 g/mol. The van der Waals surface area contributed by atoms with E-state index in [9.17, 15) is 53.9 Å². The highest BCUT2D eigenvalue weighted by atomic mass is 32.2. The van der Waals surface area contributed by atoms with Crippen molar-refractivity contribution in [2.75, 3.05) is 19.3 Å². The average Bonchev–Trinajstić information content (AvgIpc) is 3.45. The van der Waals surface area contributed by atoms with Crippen molar-refractivity contribution in [3.63, 3.8) is 0 Å². The van der Waals surface area contributed by atoms with Gasteiger partial charge >= 0.3 is 12.1 Å². The zero-order chi connectivity index (χ0) is 32.0. The highest BCUT2D eigenvalue weighted by Gasteiger charge is 2.59. The molecule has 0 aromatic heterocycles. The number of hydrogen-bond donors (Lipinski definition) is 3. The number of nitrogens with zero attached hydrogens (tertiary/aromatic N) is 1. The quantitative estimate of drug-likeness (QED) is 0.349. The molecule has 2 heterocycles. The van der Waals surface area contributed by atoms with Crippen molar-refractivity contribution in [2.45, 2.75) is 76.7 Å². The number of sulfone groups is 1. The SMILES string of the molecule is CC(C)(C)[C@@H](NC(=O)C(F)(F)F)C(=O)N1C[C@@H]2CC(F)(F)C[C@@H]2[C@H]1C(=O)N[C@@H](/C=C(/F)S(C)(=O)=O)C[C@@H]1CCNC1=O. The number of fused-ring (bicyclic) bond motifs is 1. The molecule has 3 fully saturated rings. The molecule has 42 heavy (non-hydrogen) atoms. The molecule has 1 aliphatic carbocycles. The number of carbonyl (C=O) groups excluding carboxylic acids is 4. The molecule has 3 aliphatic rings. The first-order chi connectivity index (χ1) is 19.0. The molecular formula is C25H34F6N4O6S. The van der Waals surface area contributed by atoms with E-state index in [0.717, 1.165) is 4.90 Å². The summed E-state index contributed by atoms with van der Waals surface area (Å²) in [4.78, 5) is 52.0. The summed E-state index contributed by atoms with van der Waals surface area (Å²) in [7, 11) is -4.36. The second-order valence-electron chi connectivity index (χ2n) is 12.3. The number of alkyl halides is 5. The van der Waals surface area contributed by atoms with Gasteiger partial charge in [0, 0.05) is 38.1 Å². The minimum absolute atomic E-state index is 0.252. The Bertz CT molecular complexity index is 1250. The summed E-state index contributed by atoms with van der Waals surface area (Å²) < 4.78 is 106. The zero-order valence-electron chi connectivity index (χ0n) is 23.4. The largest absolute Gasteiger partial charge is 0.471 e. The van der Waals surface area contributed by atoms with E-state index in [2.05, 4.69) is 10.6 Å². The average molecular weight is 633 g/mol. The fraction of sp³-hybridized carbons (Fsp3) is 0.760. The number of hydrogen-bond acceptors (Lipinski definition) is 6. The molecule has 2 aliphatic heterocycles. The lowest BCUT2D eigenvalue weighted by molar-refractivity contribution is -0.176. The normalized spacial score (nSPS) is 27.7. The van der Waals surface area contributed by atoms with E-state index in [-0.39, 0.29) is 19.4 Å². The summed E-state index contributed by atoms with van der Waals surface area (Å²) in [5.74, 6) is -11.0. The predicted molar refractivity (Wildman–Crippen MR) is 136 cm³/mol. The molecule has 0 radical (unpaired) electrons. The van der Waals surface area contributed by atoms with Gasteiger partial charge in [0.1, 0.15) is 12.1 Å². The van der Waals surface area contributed by atoms with Crippen LogP contribution in [0.2, 0.25) is 0 Å². The molecule has 238 valence electrons. The van der Waals surface area contributed by atoms with Crippen LogP contribution in [-0.4, -0.2) is 86.5 Å². The molecule has 1 saturated carbocycles. The maximum absolute atomic E-state index is 14.5. The van der Waals surface area contributed by atoms with Crippen molar-refractivity contribution in [1.82, 2.24) is 20.9 Å². The third-order valence-electron chi connectivity index (χ3n) is 7.79. The van der Waals surface area contributed by atoms with Crippen LogP contribution in [0.4, 0.5) is 26.3 Å². The lowest BCUT2D eigenvalue weighted by Gasteiger charge is -2.37. The van der Waals surface area contributed by atoms with Crippen LogP contribution in [0.3, 0.4) is 0 Å². The maximum Gasteiger partial charge on any atom is 0.471 e. The van der Waals surface area contributed by atoms with Gasteiger partial charge in [0.05, 0.1) is 6.04 Å². The zero-order valence-corrected chi connectivity index (χ0v) is 24.2. The van der Waals surface area contributed by atoms with Crippen LogP contribution in [0.15, 0.2) is 11.2 Å². The number of amides is 4. The Morgan fingerprint density at radius 3 is 2.26 bits per heavy atom. The molecule has 0 spiro atoms. The summed E-state index contributed by atoms with van der Waals surface area (Å²) in [6.07, 6.45) is -5.67. The van der Waals surface area contributed by atoms with E-state index in [1.54, 1.807) is 5.32 Å². The Hall–Kier alpha value is -2.85. The van der Waals surface area contributed by atoms with Gasteiger partial charge in [-0.05, 0) is 36.2 Å². The molecule has 3 N–H and O–H groups in total. The first-order valence-corrected chi connectivity index (χ1v) is 15.1. The Balaban J connectivity index is 1.97. The van der Waals surface area contributed by atoms with Crippen molar-refractivity contribution in [1.29, 1.82) is 0 Å². The van der Waals surface area contributed by atoms with Gasteiger partial charge < -0.3 is 20.9 Å². The van der Waals surface area contributed by atoms with Gasteiger partial charge in [0.2, 0.25) is 38.6 Å². The lowest BCUT2D eigenvalue weighted by Crippen LogP contribution is -2.60. The molecular weight excluding hydrogens is 598 g/mol. The molecule has 0 bridgehead atoms. The van der Waals surface area contributed by atoms with E-state index in [1.807, 2.05) is 0 Å². The third-order valence-corrected chi connectivity index (χ3v) is 8.63. The summed E-state index contributed by atoms with van der Waals surface area (Å²) in [6.45, 7) is 3.97. The van der Waals surface area contributed by atoms with E-state index in [1.165, 1.54) is 20.8 Å². The molecule has 0 aromatic carbocycles. The van der Waals surface area contributed by atoms with Crippen LogP contribution in [0, 0.1) is 23.2 Å². The fourth-order valence-corrected chi connectivity index (χ4v) is 6.19. The smallest absolute Gasteiger partial charge is 0.356 e. The van der Waals surface area contributed by atoms with Crippen molar-refractivity contribution < 1.29 is 53.9 Å². The molecule has 3 rings (SSSR count). The molecule has 4 amide bonds. The number of rotatable bonds is 8. The summed E-state index contributed by atoms with van der Waals surface area (Å²) in [5, 5.41) is 4.95. The van der Waals surface area contributed by atoms with Gasteiger partial charge in [0.25, 0.3) is 0 Å². The van der Waals surface area contributed by atoms with Gasteiger partial charge in [-0.3, -0.25) is 19.2 Å². The van der Waals surface area contributed by atoms with Crippen LogP contribution in [-0.2, 0) is 29.0 Å². The van der Waals surface area contributed by atoms with Crippen LogP contribution >= 0.6 is 0 Å².